The van der Waals surface area contributed by atoms with Crippen LogP contribution in [0.5, 0.6) is 0 Å². The van der Waals surface area contributed by atoms with Gasteiger partial charge in [0, 0.05) is 11.4 Å². The van der Waals surface area contributed by atoms with Gasteiger partial charge < -0.3 is 4.57 Å². The summed E-state index contributed by atoms with van der Waals surface area (Å²) in [5.74, 6) is 0. The first-order valence-corrected chi connectivity index (χ1v) is 8.56. The molecule has 24 heavy (non-hydrogen) atoms. The van der Waals surface area contributed by atoms with Gasteiger partial charge in [0.2, 0.25) is 0 Å². The van der Waals surface area contributed by atoms with Crippen LogP contribution < -0.4 is 0 Å². The fourth-order valence-electron chi connectivity index (χ4n) is 2.63. The molecule has 0 amide bonds. The summed E-state index contributed by atoms with van der Waals surface area (Å²) in [7, 11) is 2.84. The molecule has 0 aromatic carbocycles. The van der Waals surface area contributed by atoms with Gasteiger partial charge in [0.25, 0.3) is 0 Å². The van der Waals surface area contributed by atoms with E-state index < -0.39 is 0 Å². The molecule has 1 aromatic heterocycles. The molecular weight excluding hydrogens is 309 g/mol. The second-order valence-electron chi connectivity index (χ2n) is 5.69. The molecule has 126 valence electrons. The van der Waals surface area contributed by atoms with Crippen LogP contribution in [0.4, 0.5) is 0 Å². The van der Waals surface area contributed by atoms with Gasteiger partial charge in [-0.2, -0.15) is 0 Å². The highest BCUT2D eigenvalue weighted by molar-refractivity contribution is 7.31. The van der Waals surface area contributed by atoms with Gasteiger partial charge in [-0.25, -0.2) is 0 Å². The summed E-state index contributed by atoms with van der Waals surface area (Å²) in [5, 5.41) is 1.11. The molecule has 0 fully saturated rings. The van der Waals surface area contributed by atoms with Crippen LogP contribution in [0, 0.1) is 13.8 Å². The Bertz CT molecular complexity index is 764. The highest BCUT2D eigenvalue weighted by atomic mass is 31.0. The maximum absolute atomic E-state index is 4.01. The quantitative estimate of drug-likeness (QED) is 0.385. The molecule has 0 N–H and O–H groups in total. The fraction of sp³-hybridized carbons (Fsp3) is 0.182. The summed E-state index contributed by atoms with van der Waals surface area (Å²) in [6, 6.07) is 0. The van der Waals surface area contributed by atoms with Crippen LogP contribution in [0.1, 0.15) is 36.4 Å². The Kier molecular flexibility index (Phi) is 7.68. The second-order valence-corrected chi connectivity index (χ2v) is 6.31. The third kappa shape index (κ3) is 4.46. The van der Waals surface area contributed by atoms with E-state index in [1.54, 1.807) is 6.08 Å². The third-order valence-corrected chi connectivity index (χ3v) is 4.16. The molecule has 0 bridgehead atoms. The molecule has 0 aliphatic rings. The Hall–Kier alpha value is -2.11. The van der Waals surface area contributed by atoms with Gasteiger partial charge in [0.1, 0.15) is 0 Å². The SMILES string of the molecule is C=C/C=C\c1c(C)c(C)c(/C(P)=C\C(=C)C)n1C(/C=C\C)=C/C=C. The van der Waals surface area contributed by atoms with Gasteiger partial charge in [-0.05, 0) is 62.4 Å². The second kappa shape index (κ2) is 9.25. The van der Waals surface area contributed by atoms with E-state index in [9.17, 15) is 0 Å². The minimum Gasteiger partial charge on any atom is -0.309 e. The van der Waals surface area contributed by atoms with E-state index in [0.717, 1.165) is 28.0 Å². The molecule has 1 heterocycles. The van der Waals surface area contributed by atoms with Crippen molar-refractivity contribution >= 4 is 26.3 Å². The van der Waals surface area contributed by atoms with Crippen molar-refractivity contribution in [2.45, 2.75) is 27.7 Å². The molecule has 0 saturated heterocycles. The van der Waals surface area contributed by atoms with E-state index in [1.165, 1.54) is 11.1 Å². The minimum absolute atomic E-state index is 1.02. The smallest absolute Gasteiger partial charge is 0.0565 e. The van der Waals surface area contributed by atoms with E-state index in [1.807, 2.05) is 38.2 Å². The molecule has 1 atom stereocenters. The summed E-state index contributed by atoms with van der Waals surface area (Å²) in [6.07, 6.45) is 15.9. The largest absolute Gasteiger partial charge is 0.309 e. The van der Waals surface area contributed by atoms with E-state index in [0.29, 0.717) is 0 Å². The van der Waals surface area contributed by atoms with Crippen molar-refractivity contribution in [2.24, 2.45) is 0 Å². The summed E-state index contributed by atoms with van der Waals surface area (Å²) in [6.45, 7) is 20.0. The lowest BCUT2D eigenvalue weighted by atomic mass is 10.1. The van der Waals surface area contributed by atoms with Crippen molar-refractivity contribution in [3.05, 3.63) is 90.4 Å². The molecular formula is C22H28NP. The first kappa shape index (κ1) is 19.9. The highest BCUT2D eigenvalue weighted by Gasteiger charge is 2.18. The van der Waals surface area contributed by atoms with Crippen LogP contribution in [-0.4, -0.2) is 4.57 Å². The molecule has 1 unspecified atom stereocenters. The van der Waals surface area contributed by atoms with Gasteiger partial charge in [0.05, 0.1) is 5.69 Å². The maximum Gasteiger partial charge on any atom is 0.0565 e. The molecule has 1 aromatic rings. The molecule has 0 aliphatic heterocycles. The normalized spacial score (nSPS) is 13.0. The van der Waals surface area contributed by atoms with Crippen molar-refractivity contribution in [1.82, 2.24) is 4.57 Å². The number of rotatable bonds is 7. The van der Waals surface area contributed by atoms with Crippen LogP contribution in [-0.2, 0) is 0 Å². The van der Waals surface area contributed by atoms with Crippen LogP contribution in [0.15, 0.2) is 67.8 Å². The Morgan fingerprint density at radius 1 is 1.12 bits per heavy atom. The van der Waals surface area contributed by atoms with Crippen molar-refractivity contribution in [3.63, 3.8) is 0 Å². The van der Waals surface area contributed by atoms with Crippen LogP contribution in [0.3, 0.4) is 0 Å². The zero-order chi connectivity index (χ0) is 18.3. The minimum atomic E-state index is 1.02. The standard InChI is InChI=1S/C22H28NP/c1-8-11-14-20-17(6)18(7)22(21(24)15-16(4)5)23(20)19(12-9-2)13-10-3/h8-15H,1-2,4,24H2,3,5-7H3/b13-10-,14-11-,19-12+,21-15+. The zero-order valence-corrected chi connectivity index (χ0v) is 16.4. The fourth-order valence-corrected chi connectivity index (χ4v) is 3.26. The molecule has 1 nitrogen and oxygen atoms in total. The molecule has 2 heteroatoms. The predicted molar refractivity (Wildman–Crippen MR) is 115 cm³/mol. The molecule has 0 saturated carbocycles. The van der Waals surface area contributed by atoms with Gasteiger partial charge in [-0.3, -0.25) is 0 Å². The van der Waals surface area contributed by atoms with Crippen molar-refractivity contribution in [1.29, 1.82) is 0 Å². The van der Waals surface area contributed by atoms with E-state index >= 15 is 0 Å². The lowest BCUT2D eigenvalue weighted by Crippen LogP contribution is -2.02. The molecule has 0 spiro atoms. The number of allylic oxidation sites excluding steroid dienone is 9. The number of hydrogen-bond donors (Lipinski definition) is 0. The summed E-state index contributed by atoms with van der Waals surface area (Å²) < 4.78 is 2.26. The zero-order valence-electron chi connectivity index (χ0n) is 15.3. The number of hydrogen-bond acceptors (Lipinski definition) is 0. The van der Waals surface area contributed by atoms with Crippen molar-refractivity contribution in [2.75, 3.05) is 0 Å². The Morgan fingerprint density at radius 2 is 1.79 bits per heavy atom. The number of nitrogens with zero attached hydrogens (tertiary/aromatic N) is 1. The Morgan fingerprint density at radius 3 is 2.29 bits per heavy atom. The van der Waals surface area contributed by atoms with E-state index in [2.05, 4.69) is 65.6 Å². The average molecular weight is 337 g/mol. The lowest BCUT2D eigenvalue weighted by molar-refractivity contribution is 1.07. The van der Waals surface area contributed by atoms with Crippen LogP contribution in [0.25, 0.3) is 17.1 Å². The third-order valence-electron chi connectivity index (χ3n) is 3.72. The Labute approximate surface area is 149 Å². The van der Waals surface area contributed by atoms with Gasteiger partial charge in [-0.1, -0.05) is 55.7 Å². The van der Waals surface area contributed by atoms with Crippen molar-refractivity contribution < 1.29 is 0 Å². The summed E-state index contributed by atoms with van der Waals surface area (Å²) in [5.41, 5.74) is 6.89. The molecule has 0 aliphatic carbocycles. The molecule has 1 rings (SSSR count). The summed E-state index contributed by atoms with van der Waals surface area (Å²) in [4.78, 5) is 0. The van der Waals surface area contributed by atoms with Crippen LogP contribution in [0.2, 0.25) is 0 Å². The van der Waals surface area contributed by atoms with Crippen molar-refractivity contribution in [3.8, 4) is 0 Å². The average Bonchev–Trinajstić information content (AvgIpc) is 2.76. The van der Waals surface area contributed by atoms with Crippen LogP contribution >= 0.6 is 9.24 Å². The Balaban J connectivity index is 3.91. The highest BCUT2D eigenvalue weighted by Crippen LogP contribution is 2.35. The first-order chi connectivity index (χ1) is 11.4. The van der Waals surface area contributed by atoms with Gasteiger partial charge in [0.15, 0.2) is 0 Å². The van der Waals surface area contributed by atoms with Gasteiger partial charge in [-0.15, -0.1) is 9.24 Å². The lowest BCUT2D eigenvalue weighted by Gasteiger charge is -2.14. The maximum atomic E-state index is 4.01. The number of aromatic nitrogens is 1. The topological polar surface area (TPSA) is 4.93 Å². The monoisotopic (exact) mass is 337 g/mol. The van der Waals surface area contributed by atoms with E-state index in [4.69, 9.17) is 0 Å². The molecule has 0 radical (unpaired) electrons. The predicted octanol–water partition coefficient (Wildman–Crippen LogP) is 6.70. The first-order valence-electron chi connectivity index (χ1n) is 7.98. The van der Waals surface area contributed by atoms with E-state index in [-0.39, 0.29) is 0 Å². The summed E-state index contributed by atoms with van der Waals surface area (Å²) >= 11 is 0. The van der Waals surface area contributed by atoms with Gasteiger partial charge >= 0.3 is 0 Å².